The molecule has 0 radical (unpaired) electrons. The number of carbonyl (C=O) groups excluding carboxylic acids is 1. The Morgan fingerprint density at radius 2 is 1.83 bits per heavy atom. The van der Waals surface area contributed by atoms with Crippen molar-refractivity contribution in [1.29, 1.82) is 0 Å². The number of hydrogen-bond donors (Lipinski definition) is 1. The van der Waals surface area contributed by atoms with Crippen molar-refractivity contribution in [1.82, 2.24) is 14.8 Å². The Morgan fingerprint density at radius 3 is 2.58 bits per heavy atom. The van der Waals surface area contributed by atoms with Gasteiger partial charge in [0.25, 0.3) is 0 Å². The van der Waals surface area contributed by atoms with Gasteiger partial charge in [0.15, 0.2) is 0 Å². The third kappa shape index (κ3) is 2.84. The molecule has 2 saturated heterocycles. The van der Waals surface area contributed by atoms with Gasteiger partial charge in [0.2, 0.25) is 5.91 Å². The van der Waals surface area contributed by atoms with Crippen molar-refractivity contribution in [2.45, 2.75) is 44.6 Å². The number of para-hydroxylation sites is 1. The summed E-state index contributed by atoms with van der Waals surface area (Å²) >= 11 is 0. The van der Waals surface area contributed by atoms with Gasteiger partial charge in [-0.2, -0.15) is 0 Å². The second-order valence-corrected chi connectivity index (χ2v) is 7.31. The Hall–Kier alpha value is -1.81. The fraction of sp³-hybridized carbons (Fsp3) is 0.550. The van der Waals surface area contributed by atoms with Crippen LogP contribution in [-0.4, -0.2) is 52.9 Å². The molecule has 1 N–H and O–H groups in total. The van der Waals surface area contributed by atoms with Crippen LogP contribution in [-0.2, 0) is 4.79 Å². The molecule has 4 nitrogen and oxygen atoms in total. The highest BCUT2D eigenvalue weighted by atomic mass is 16.2. The van der Waals surface area contributed by atoms with Gasteiger partial charge in [-0.25, -0.2) is 0 Å². The monoisotopic (exact) mass is 325 g/mol. The lowest BCUT2D eigenvalue weighted by Gasteiger charge is -2.36. The van der Waals surface area contributed by atoms with Crippen molar-refractivity contribution in [2.24, 2.45) is 0 Å². The highest BCUT2D eigenvalue weighted by Gasteiger charge is 2.31. The molecular weight excluding hydrogens is 298 g/mol. The van der Waals surface area contributed by atoms with Crippen molar-refractivity contribution in [2.75, 3.05) is 26.2 Å². The Balaban J connectivity index is 1.40. The molecule has 128 valence electrons. The lowest BCUT2D eigenvalue weighted by atomic mass is 9.88. The molecule has 0 aliphatic carbocycles. The quantitative estimate of drug-likeness (QED) is 0.940. The number of hydrogen-bond acceptors (Lipinski definition) is 2. The SMILES string of the molecule is CC(C(=O)N1CCCC1)N1CCC(c2c[nH]c3ccccc23)CC1. The summed E-state index contributed by atoms with van der Waals surface area (Å²) in [6, 6.07) is 8.59. The summed E-state index contributed by atoms with van der Waals surface area (Å²) in [5, 5.41) is 1.36. The number of benzene rings is 1. The summed E-state index contributed by atoms with van der Waals surface area (Å²) in [7, 11) is 0. The molecule has 1 aromatic heterocycles. The smallest absolute Gasteiger partial charge is 0.239 e. The number of H-pyrrole nitrogens is 1. The maximum Gasteiger partial charge on any atom is 0.239 e. The first-order valence-electron chi connectivity index (χ1n) is 9.33. The average molecular weight is 325 g/mol. The maximum absolute atomic E-state index is 12.6. The van der Waals surface area contributed by atoms with E-state index in [0.29, 0.717) is 11.8 Å². The zero-order valence-electron chi connectivity index (χ0n) is 14.5. The molecule has 2 aliphatic heterocycles. The van der Waals surface area contributed by atoms with Crippen molar-refractivity contribution in [3.05, 3.63) is 36.0 Å². The van der Waals surface area contributed by atoms with Gasteiger partial charge < -0.3 is 9.88 Å². The second kappa shape index (κ2) is 6.60. The minimum Gasteiger partial charge on any atom is -0.361 e. The predicted molar refractivity (Wildman–Crippen MR) is 97.1 cm³/mol. The van der Waals surface area contributed by atoms with E-state index in [-0.39, 0.29) is 6.04 Å². The van der Waals surface area contributed by atoms with E-state index < -0.39 is 0 Å². The molecule has 2 aliphatic rings. The Labute approximate surface area is 143 Å². The largest absolute Gasteiger partial charge is 0.361 e. The van der Waals surface area contributed by atoms with Crippen LogP contribution in [0.1, 0.15) is 44.1 Å². The number of fused-ring (bicyclic) bond motifs is 1. The number of carbonyl (C=O) groups is 1. The van der Waals surface area contributed by atoms with Crippen LogP contribution >= 0.6 is 0 Å². The van der Waals surface area contributed by atoms with Crippen LogP contribution in [0.4, 0.5) is 0 Å². The lowest BCUT2D eigenvalue weighted by molar-refractivity contribution is -0.135. The molecule has 0 bridgehead atoms. The van der Waals surface area contributed by atoms with Gasteiger partial charge in [-0.05, 0) is 63.2 Å². The molecule has 2 fully saturated rings. The van der Waals surface area contributed by atoms with Gasteiger partial charge in [0, 0.05) is 30.2 Å². The molecule has 3 heterocycles. The van der Waals surface area contributed by atoms with Crippen molar-refractivity contribution < 1.29 is 4.79 Å². The number of aromatic amines is 1. The van der Waals surface area contributed by atoms with Crippen LogP contribution < -0.4 is 0 Å². The van der Waals surface area contributed by atoms with Gasteiger partial charge in [0.05, 0.1) is 6.04 Å². The number of nitrogens with zero attached hydrogens (tertiary/aromatic N) is 2. The first-order valence-corrected chi connectivity index (χ1v) is 9.33. The third-order valence-electron chi connectivity index (χ3n) is 5.91. The van der Waals surface area contributed by atoms with E-state index in [4.69, 9.17) is 0 Å². The highest BCUT2D eigenvalue weighted by Crippen LogP contribution is 2.33. The summed E-state index contributed by atoms with van der Waals surface area (Å²) < 4.78 is 0. The van der Waals surface area contributed by atoms with E-state index in [2.05, 4.69) is 52.2 Å². The molecule has 1 unspecified atom stereocenters. The van der Waals surface area contributed by atoms with Gasteiger partial charge in [-0.3, -0.25) is 9.69 Å². The van der Waals surface area contributed by atoms with Crippen LogP contribution in [0.2, 0.25) is 0 Å². The first kappa shape index (κ1) is 15.7. The molecule has 4 heteroatoms. The van der Waals surface area contributed by atoms with E-state index in [9.17, 15) is 4.79 Å². The van der Waals surface area contributed by atoms with E-state index in [1.54, 1.807) is 0 Å². The van der Waals surface area contributed by atoms with Crippen molar-refractivity contribution in [3.63, 3.8) is 0 Å². The summed E-state index contributed by atoms with van der Waals surface area (Å²) in [5.41, 5.74) is 2.68. The summed E-state index contributed by atoms with van der Waals surface area (Å²) in [6.45, 7) is 6.03. The Morgan fingerprint density at radius 1 is 1.12 bits per heavy atom. The summed E-state index contributed by atoms with van der Waals surface area (Å²) in [6.07, 6.45) is 6.80. The van der Waals surface area contributed by atoms with Crippen molar-refractivity contribution in [3.8, 4) is 0 Å². The zero-order valence-corrected chi connectivity index (χ0v) is 14.5. The van der Waals surface area contributed by atoms with Gasteiger partial charge in [0.1, 0.15) is 0 Å². The molecule has 1 aromatic carbocycles. The molecule has 24 heavy (non-hydrogen) atoms. The third-order valence-corrected chi connectivity index (χ3v) is 5.91. The van der Waals surface area contributed by atoms with Crippen LogP contribution in [0.3, 0.4) is 0 Å². The molecule has 4 rings (SSSR count). The number of nitrogens with one attached hydrogen (secondary N) is 1. The zero-order chi connectivity index (χ0) is 16.5. The molecule has 0 saturated carbocycles. The number of likely N-dealkylation sites (tertiary alicyclic amines) is 2. The van der Waals surface area contributed by atoms with Crippen LogP contribution in [0.15, 0.2) is 30.5 Å². The first-order chi connectivity index (χ1) is 11.7. The van der Waals surface area contributed by atoms with E-state index in [1.165, 1.54) is 29.3 Å². The van der Waals surface area contributed by atoms with Gasteiger partial charge >= 0.3 is 0 Å². The summed E-state index contributed by atoms with van der Waals surface area (Å²) in [4.78, 5) is 20.4. The second-order valence-electron chi connectivity index (χ2n) is 7.31. The van der Waals surface area contributed by atoms with Crippen molar-refractivity contribution >= 4 is 16.8 Å². The van der Waals surface area contributed by atoms with Crippen LogP contribution in [0, 0.1) is 0 Å². The molecular formula is C20H27N3O. The molecule has 0 spiro atoms. The topological polar surface area (TPSA) is 39.3 Å². The highest BCUT2D eigenvalue weighted by molar-refractivity contribution is 5.84. The summed E-state index contributed by atoms with van der Waals surface area (Å²) in [5.74, 6) is 0.935. The normalized spacial score (nSPS) is 21.5. The number of piperidine rings is 1. The average Bonchev–Trinajstić information content (AvgIpc) is 3.30. The Kier molecular flexibility index (Phi) is 4.31. The fourth-order valence-corrected chi connectivity index (χ4v) is 4.39. The lowest BCUT2D eigenvalue weighted by Crippen LogP contribution is -2.48. The van der Waals surface area contributed by atoms with E-state index in [1.807, 2.05) is 0 Å². The number of rotatable bonds is 3. The van der Waals surface area contributed by atoms with Gasteiger partial charge in [-0.15, -0.1) is 0 Å². The van der Waals surface area contributed by atoms with E-state index in [0.717, 1.165) is 39.0 Å². The van der Waals surface area contributed by atoms with Gasteiger partial charge in [-0.1, -0.05) is 18.2 Å². The minimum atomic E-state index is 0.0343. The minimum absolute atomic E-state index is 0.0343. The van der Waals surface area contributed by atoms with Crippen LogP contribution in [0.25, 0.3) is 10.9 Å². The van der Waals surface area contributed by atoms with Crippen LogP contribution in [0.5, 0.6) is 0 Å². The molecule has 1 atom stereocenters. The standard InChI is InChI=1S/C20H27N3O/c1-15(20(24)23-10-4-5-11-23)22-12-8-16(9-13-22)18-14-21-19-7-3-2-6-17(18)19/h2-3,6-7,14-16,21H,4-5,8-13H2,1H3. The molecule has 1 amide bonds. The Bertz CT molecular complexity index is 708. The molecule has 2 aromatic rings. The predicted octanol–water partition coefficient (Wildman–Crippen LogP) is 3.36. The maximum atomic E-state index is 12.6. The number of aromatic nitrogens is 1. The van der Waals surface area contributed by atoms with E-state index >= 15 is 0 Å². The fourth-order valence-electron chi connectivity index (χ4n) is 4.39. The number of amides is 1.